The van der Waals surface area contributed by atoms with Crippen molar-refractivity contribution in [3.05, 3.63) is 18.5 Å². The van der Waals surface area contributed by atoms with Crippen LogP contribution in [-0.2, 0) is 6.54 Å². The molecule has 0 saturated carbocycles. The first-order chi connectivity index (χ1) is 6.70. The van der Waals surface area contributed by atoms with Gasteiger partial charge in [0.1, 0.15) is 0 Å². The Morgan fingerprint density at radius 2 is 2.36 bits per heavy atom. The molecule has 0 spiro atoms. The molecule has 0 aromatic carbocycles. The van der Waals surface area contributed by atoms with Gasteiger partial charge in [-0.3, -0.25) is 9.67 Å². The third-order valence-corrected chi connectivity index (χ3v) is 1.99. The van der Waals surface area contributed by atoms with Gasteiger partial charge in [-0.15, -0.1) is 0 Å². The molecule has 1 aromatic rings. The third kappa shape index (κ3) is 3.60. The van der Waals surface area contributed by atoms with Crippen molar-refractivity contribution in [3.8, 4) is 0 Å². The van der Waals surface area contributed by atoms with Gasteiger partial charge in [0.05, 0.1) is 5.84 Å². The van der Waals surface area contributed by atoms with E-state index in [4.69, 9.17) is 5.73 Å². The van der Waals surface area contributed by atoms with Crippen molar-refractivity contribution in [3.63, 3.8) is 0 Å². The van der Waals surface area contributed by atoms with Crippen LogP contribution in [0.15, 0.2) is 23.5 Å². The zero-order chi connectivity index (χ0) is 10.4. The van der Waals surface area contributed by atoms with E-state index in [0.29, 0.717) is 5.92 Å². The molecule has 14 heavy (non-hydrogen) atoms. The van der Waals surface area contributed by atoms with Crippen molar-refractivity contribution in [2.45, 2.75) is 26.8 Å². The van der Waals surface area contributed by atoms with Gasteiger partial charge in [0, 0.05) is 31.4 Å². The number of nitrogens with two attached hydrogens (primary N) is 1. The molecule has 1 heterocycles. The Kier molecular flexibility index (Phi) is 4.16. The molecule has 0 unspecified atom stereocenters. The van der Waals surface area contributed by atoms with E-state index in [1.54, 1.807) is 6.20 Å². The molecule has 4 heteroatoms. The average Bonchev–Trinajstić information content (AvgIpc) is 2.64. The molecule has 0 bridgehead atoms. The number of aliphatic imine (C=N–C) groups is 1. The molecule has 0 radical (unpaired) electrons. The van der Waals surface area contributed by atoms with Gasteiger partial charge >= 0.3 is 0 Å². The van der Waals surface area contributed by atoms with Crippen molar-refractivity contribution in [2.24, 2.45) is 16.6 Å². The summed E-state index contributed by atoms with van der Waals surface area (Å²) in [4.78, 5) is 4.28. The number of hydrogen-bond acceptors (Lipinski definition) is 2. The SMILES string of the molecule is CC(C)C(N)=NCCCn1cccn1. The highest BCUT2D eigenvalue weighted by molar-refractivity contribution is 5.82. The Morgan fingerprint density at radius 1 is 1.57 bits per heavy atom. The fourth-order valence-corrected chi connectivity index (χ4v) is 1.06. The van der Waals surface area contributed by atoms with Crippen molar-refractivity contribution >= 4 is 5.84 Å². The zero-order valence-electron chi connectivity index (χ0n) is 8.85. The maximum absolute atomic E-state index is 5.70. The van der Waals surface area contributed by atoms with Gasteiger partial charge in [0.2, 0.25) is 0 Å². The van der Waals surface area contributed by atoms with E-state index >= 15 is 0 Å². The van der Waals surface area contributed by atoms with Gasteiger partial charge in [-0.05, 0) is 12.5 Å². The quantitative estimate of drug-likeness (QED) is 0.436. The lowest BCUT2D eigenvalue weighted by atomic mass is 10.2. The third-order valence-electron chi connectivity index (χ3n) is 1.99. The lowest BCUT2D eigenvalue weighted by Crippen LogP contribution is -2.19. The minimum Gasteiger partial charge on any atom is -0.387 e. The second-order valence-corrected chi connectivity index (χ2v) is 3.58. The molecule has 0 amide bonds. The largest absolute Gasteiger partial charge is 0.387 e. The second-order valence-electron chi connectivity index (χ2n) is 3.58. The minimum atomic E-state index is 0.347. The molecule has 0 aliphatic carbocycles. The molecule has 0 aliphatic heterocycles. The summed E-state index contributed by atoms with van der Waals surface area (Å²) in [6, 6.07) is 1.92. The van der Waals surface area contributed by atoms with Crippen LogP contribution >= 0.6 is 0 Å². The Hall–Kier alpha value is -1.32. The van der Waals surface area contributed by atoms with Crippen LogP contribution in [0.5, 0.6) is 0 Å². The monoisotopic (exact) mass is 194 g/mol. The number of hydrogen-bond donors (Lipinski definition) is 1. The van der Waals surface area contributed by atoms with Gasteiger partial charge in [-0.25, -0.2) is 0 Å². The van der Waals surface area contributed by atoms with E-state index in [1.165, 1.54) is 0 Å². The summed E-state index contributed by atoms with van der Waals surface area (Å²) >= 11 is 0. The lowest BCUT2D eigenvalue weighted by Gasteiger charge is -2.03. The van der Waals surface area contributed by atoms with Gasteiger partial charge in [-0.2, -0.15) is 5.10 Å². The van der Waals surface area contributed by atoms with Crippen LogP contribution in [0.1, 0.15) is 20.3 Å². The predicted molar refractivity (Wildman–Crippen MR) is 58.2 cm³/mol. The highest BCUT2D eigenvalue weighted by atomic mass is 15.3. The molecule has 78 valence electrons. The molecule has 1 rings (SSSR count). The van der Waals surface area contributed by atoms with Crippen molar-refractivity contribution in [1.82, 2.24) is 9.78 Å². The topological polar surface area (TPSA) is 56.2 Å². The molecular formula is C10H18N4. The fraction of sp³-hybridized carbons (Fsp3) is 0.600. The molecule has 0 fully saturated rings. The van der Waals surface area contributed by atoms with E-state index < -0.39 is 0 Å². The Labute approximate surface area is 84.8 Å². The summed E-state index contributed by atoms with van der Waals surface area (Å²) in [7, 11) is 0. The first-order valence-electron chi connectivity index (χ1n) is 4.97. The summed E-state index contributed by atoms with van der Waals surface area (Å²) in [5.74, 6) is 1.09. The smallest absolute Gasteiger partial charge is 0.0962 e. The van der Waals surface area contributed by atoms with Crippen LogP contribution in [0, 0.1) is 5.92 Å². The summed E-state index contributed by atoms with van der Waals surface area (Å²) in [5, 5.41) is 4.10. The first kappa shape index (κ1) is 10.8. The molecular weight excluding hydrogens is 176 g/mol. The molecule has 4 nitrogen and oxygen atoms in total. The van der Waals surface area contributed by atoms with Crippen LogP contribution in [0.2, 0.25) is 0 Å². The Bertz CT molecular complexity index is 274. The van der Waals surface area contributed by atoms with Crippen LogP contribution in [0.3, 0.4) is 0 Å². The minimum absolute atomic E-state index is 0.347. The highest BCUT2D eigenvalue weighted by Crippen LogP contribution is 1.94. The normalized spacial score (nSPS) is 12.4. The molecule has 2 N–H and O–H groups in total. The van der Waals surface area contributed by atoms with Crippen molar-refractivity contribution < 1.29 is 0 Å². The van der Waals surface area contributed by atoms with E-state index in [1.807, 2.05) is 30.8 Å². The number of nitrogens with zero attached hydrogens (tertiary/aromatic N) is 3. The summed E-state index contributed by atoms with van der Waals surface area (Å²) in [6.45, 7) is 5.78. The van der Waals surface area contributed by atoms with E-state index in [9.17, 15) is 0 Å². The highest BCUT2D eigenvalue weighted by Gasteiger charge is 1.97. The molecule has 0 saturated heterocycles. The number of aryl methyl sites for hydroxylation is 1. The van der Waals surface area contributed by atoms with Crippen molar-refractivity contribution in [1.29, 1.82) is 0 Å². The van der Waals surface area contributed by atoms with Crippen LogP contribution in [-0.4, -0.2) is 22.2 Å². The average molecular weight is 194 g/mol. The van der Waals surface area contributed by atoms with Crippen LogP contribution in [0.4, 0.5) is 0 Å². The van der Waals surface area contributed by atoms with Gasteiger partial charge in [-0.1, -0.05) is 13.8 Å². The van der Waals surface area contributed by atoms with Gasteiger partial charge < -0.3 is 5.73 Å². The standard InChI is InChI=1S/C10H18N4/c1-9(2)10(11)12-5-3-7-14-8-4-6-13-14/h4,6,8-9H,3,5,7H2,1-2H3,(H2,11,12). The van der Waals surface area contributed by atoms with Crippen molar-refractivity contribution in [2.75, 3.05) is 6.54 Å². The summed E-state index contributed by atoms with van der Waals surface area (Å²) in [6.07, 6.45) is 4.72. The maximum atomic E-state index is 5.70. The fourth-order valence-electron chi connectivity index (χ4n) is 1.06. The Balaban J connectivity index is 2.19. The second kappa shape index (κ2) is 5.42. The Morgan fingerprint density at radius 3 is 2.93 bits per heavy atom. The molecule has 1 aromatic heterocycles. The number of rotatable bonds is 5. The van der Waals surface area contributed by atoms with Crippen LogP contribution in [0.25, 0.3) is 0 Å². The molecule has 0 aliphatic rings. The van der Waals surface area contributed by atoms with Gasteiger partial charge in [0.25, 0.3) is 0 Å². The summed E-state index contributed by atoms with van der Waals surface area (Å²) < 4.78 is 1.90. The maximum Gasteiger partial charge on any atom is 0.0962 e. The predicted octanol–water partition coefficient (Wildman–Crippen LogP) is 1.29. The zero-order valence-corrected chi connectivity index (χ0v) is 8.85. The first-order valence-corrected chi connectivity index (χ1v) is 4.97. The van der Waals surface area contributed by atoms with Gasteiger partial charge in [0.15, 0.2) is 0 Å². The number of aromatic nitrogens is 2. The number of amidine groups is 1. The lowest BCUT2D eigenvalue weighted by molar-refractivity contribution is 0.584. The summed E-state index contributed by atoms with van der Waals surface area (Å²) in [5.41, 5.74) is 5.70. The van der Waals surface area contributed by atoms with E-state index in [2.05, 4.69) is 10.1 Å². The van der Waals surface area contributed by atoms with E-state index in [-0.39, 0.29) is 0 Å². The molecule has 0 atom stereocenters. The van der Waals surface area contributed by atoms with Crippen LogP contribution < -0.4 is 5.73 Å². The van der Waals surface area contributed by atoms with E-state index in [0.717, 1.165) is 25.3 Å².